The van der Waals surface area contributed by atoms with Crippen molar-refractivity contribution in [3.8, 4) is 11.5 Å². The summed E-state index contributed by atoms with van der Waals surface area (Å²) in [4.78, 5) is 0.0978. The summed E-state index contributed by atoms with van der Waals surface area (Å²) in [5, 5.41) is 10.4. The van der Waals surface area contributed by atoms with Crippen molar-refractivity contribution in [2.75, 3.05) is 0 Å². The fourth-order valence-electron chi connectivity index (χ4n) is 3.95. The van der Waals surface area contributed by atoms with Crippen LogP contribution in [0.15, 0.2) is 59.2 Å². The topological polar surface area (TPSA) is 72.8 Å². The standard InChI is InChI=1S/C21H13Br4IO5S/c1-9-12(7-14(22)19(27)17(9)24)21(11-5-3-4-6-16(11)32(28,29)31-21)13-8-15(23)20(30-26)18(25)10(13)2/h3-8,27H,1-2H3. The van der Waals surface area contributed by atoms with Gasteiger partial charge in [0, 0.05) is 5.56 Å². The molecule has 11 heteroatoms. The zero-order valence-corrected chi connectivity index (χ0v) is 25.7. The van der Waals surface area contributed by atoms with Crippen LogP contribution in [0.1, 0.15) is 27.8 Å². The number of aromatic hydroxyl groups is 1. The van der Waals surface area contributed by atoms with E-state index in [4.69, 9.17) is 7.25 Å². The van der Waals surface area contributed by atoms with Crippen LogP contribution in [-0.2, 0) is 19.9 Å². The van der Waals surface area contributed by atoms with E-state index in [1.54, 1.807) is 60.3 Å². The van der Waals surface area contributed by atoms with Crippen LogP contribution in [0, 0.1) is 13.8 Å². The highest BCUT2D eigenvalue weighted by Gasteiger charge is 2.53. The van der Waals surface area contributed by atoms with Crippen LogP contribution in [0.25, 0.3) is 0 Å². The van der Waals surface area contributed by atoms with Crippen molar-refractivity contribution in [1.82, 2.24) is 0 Å². The molecule has 5 nitrogen and oxygen atoms in total. The minimum Gasteiger partial charge on any atom is -0.506 e. The normalized spacial score (nSPS) is 19.1. The molecule has 1 unspecified atom stereocenters. The van der Waals surface area contributed by atoms with E-state index in [9.17, 15) is 13.5 Å². The van der Waals surface area contributed by atoms with Crippen molar-refractivity contribution in [2.24, 2.45) is 0 Å². The highest BCUT2D eigenvalue weighted by molar-refractivity contribution is 14.1. The van der Waals surface area contributed by atoms with E-state index < -0.39 is 15.7 Å². The molecule has 1 atom stereocenters. The molecule has 0 fully saturated rings. The number of halogens is 5. The van der Waals surface area contributed by atoms with Gasteiger partial charge in [-0.15, -0.1) is 0 Å². The fourth-order valence-corrected chi connectivity index (χ4v) is 8.83. The van der Waals surface area contributed by atoms with Crippen LogP contribution in [0.3, 0.4) is 0 Å². The average Bonchev–Trinajstić information content (AvgIpc) is 3.00. The Bertz CT molecular complexity index is 1390. The Kier molecular flexibility index (Phi) is 6.85. The van der Waals surface area contributed by atoms with Crippen LogP contribution < -0.4 is 3.07 Å². The molecule has 3 aromatic carbocycles. The van der Waals surface area contributed by atoms with Crippen molar-refractivity contribution >= 4 is 96.8 Å². The molecule has 0 saturated carbocycles. The molecule has 168 valence electrons. The van der Waals surface area contributed by atoms with Crippen molar-refractivity contribution < 1.29 is 20.8 Å². The zero-order valence-electron chi connectivity index (χ0n) is 16.3. The van der Waals surface area contributed by atoms with Gasteiger partial charge in [-0.3, -0.25) is 0 Å². The highest BCUT2D eigenvalue weighted by atomic mass is 127. The quantitative estimate of drug-likeness (QED) is 0.216. The third-order valence-corrected chi connectivity index (χ3v) is 10.4. The lowest BCUT2D eigenvalue weighted by molar-refractivity contribution is 0.178. The van der Waals surface area contributed by atoms with Crippen molar-refractivity contribution in [3.63, 3.8) is 0 Å². The molecular formula is C21H13Br4IO5S. The molecule has 0 saturated heterocycles. The Hall–Kier alpha value is -0.180. The van der Waals surface area contributed by atoms with Gasteiger partial charge >= 0.3 is 0 Å². The van der Waals surface area contributed by atoms with Crippen LogP contribution in [0.4, 0.5) is 0 Å². The maximum Gasteiger partial charge on any atom is 0.298 e. The van der Waals surface area contributed by atoms with Crippen LogP contribution in [-0.4, -0.2) is 13.5 Å². The summed E-state index contributed by atoms with van der Waals surface area (Å²) in [6, 6.07) is 10.2. The second-order valence-corrected chi connectivity index (χ2v) is 12.4. The second kappa shape index (κ2) is 8.80. The molecular weight excluding hydrogens is 811 g/mol. The Balaban J connectivity index is 2.24. The molecule has 1 aliphatic rings. The van der Waals surface area contributed by atoms with E-state index >= 15 is 0 Å². The molecule has 0 amide bonds. The molecule has 0 bridgehead atoms. The van der Waals surface area contributed by atoms with E-state index in [0.717, 1.165) is 5.56 Å². The van der Waals surface area contributed by atoms with Gasteiger partial charge in [0.05, 0.1) is 17.9 Å². The summed E-state index contributed by atoms with van der Waals surface area (Å²) >= 11 is 15.8. The average molecular weight is 824 g/mol. The summed E-state index contributed by atoms with van der Waals surface area (Å²) in [6.45, 7) is 3.66. The number of hydrogen-bond acceptors (Lipinski definition) is 5. The Morgan fingerprint density at radius 2 is 1.50 bits per heavy atom. The van der Waals surface area contributed by atoms with Gasteiger partial charge in [-0.25, -0.2) is 4.18 Å². The van der Waals surface area contributed by atoms with E-state index in [0.29, 0.717) is 45.9 Å². The molecule has 4 rings (SSSR count). The first kappa shape index (κ1) is 24.9. The summed E-state index contributed by atoms with van der Waals surface area (Å²) in [6.07, 6.45) is 0. The Morgan fingerprint density at radius 3 is 2.12 bits per heavy atom. The summed E-state index contributed by atoms with van der Waals surface area (Å²) in [7, 11) is -4.08. The summed E-state index contributed by atoms with van der Waals surface area (Å²) < 4.78 is 40.1. The largest absolute Gasteiger partial charge is 0.506 e. The van der Waals surface area contributed by atoms with Gasteiger partial charge in [-0.1, -0.05) is 18.2 Å². The molecule has 1 aliphatic heterocycles. The molecule has 0 radical (unpaired) electrons. The van der Waals surface area contributed by atoms with E-state index in [1.807, 2.05) is 6.92 Å². The fraction of sp³-hybridized carbons (Fsp3) is 0.143. The smallest absolute Gasteiger partial charge is 0.298 e. The maximum absolute atomic E-state index is 13.2. The maximum atomic E-state index is 13.2. The minimum atomic E-state index is -4.08. The molecule has 0 spiro atoms. The Labute approximate surface area is 233 Å². The number of benzene rings is 3. The van der Waals surface area contributed by atoms with Crippen molar-refractivity contribution in [2.45, 2.75) is 24.3 Å². The highest BCUT2D eigenvalue weighted by Crippen LogP contribution is 2.56. The minimum absolute atomic E-state index is 0.0169. The third kappa shape index (κ3) is 3.61. The zero-order chi connectivity index (χ0) is 23.6. The van der Waals surface area contributed by atoms with E-state index in [2.05, 4.69) is 63.7 Å². The summed E-state index contributed by atoms with van der Waals surface area (Å²) in [5.74, 6) is 0.587. The second-order valence-electron chi connectivity index (χ2n) is 7.16. The third-order valence-electron chi connectivity index (χ3n) is 5.47. The monoisotopic (exact) mass is 820 g/mol. The molecule has 1 heterocycles. The van der Waals surface area contributed by atoms with E-state index in [1.165, 1.54) is 6.07 Å². The number of rotatable bonds is 3. The van der Waals surface area contributed by atoms with Crippen LogP contribution >= 0.6 is 86.7 Å². The first-order valence-corrected chi connectivity index (χ1v) is 14.4. The lowest BCUT2D eigenvalue weighted by Gasteiger charge is -2.33. The Morgan fingerprint density at radius 1 is 0.938 bits per heavy atom. The predicted molar refractivity (Wildman–Crippen MR) is 144 cm³/mol. The molecule has 1 N–H and O–H groups in total. The van der Waals surface area contributed by atoms with Gasteiger partial charge in [0.2, 0.25) is 0 Å². The number of phenolic OH excluding ortho intramolecular Hbond substituents is 1. The molecule has 32 heavy (non-hydrogen) atoms. The van der Waals surface area contributed by atoms with Gasteiger partial charge in [-0.2, -0.15) is 8.42 Å². The van der Waals surface area contributed by atoms with Gasteiger partial charge in [0.15, 0.2) is 34.4 Å². The van der Waals surface area contributed by atoms with Gasteiger partial charge in [0.25, 0.3) is 10.1 Å². The molecule has 0 aromatic heterocycles. The van der Waals surface area contributed by atoms with Crippen molar-refractivity contribution in [3.05, 3.63) is 82.1 Å². The van der Waals surface area contributed by atoms with Gasteiger partial charge in [-0.05, 0) is 118 Å². The first-order valence-electron chi connectivity index (χ1n) is 8.98. The number of fused-ring (bicyclic) bond motifs is 1. The van der Waals surface area contributed by atoms with Crippen LogP contribution in [0.2, 0.25) is 0 Å². The molecule has 3 aromatic rings. The van der Waals surface area contributed by atoms with Crippen LogP contribution in [0.5, 0.6) is 11.5 Å². The lowest BCUT2D eigenvalue weighted by atomic mass is 9.77. The number of hydrogen-bond donors (Lipinski definition) is 1. The first-order chi connectivity index (χ1) is 15.0. The number of phenols is 1. The van der Waals surface area contributed by atoms with Gasteiger partial charge < -0.3 is 8.17 Å². The lowest BCUT2D eigenvalue weighted by Crippen LogP contribution is -2.32. The van der Waals surface area contributed by atoms with Crippen molar-refractivity contribution in [1.29, 1.82) is 0 Å². The summed E-state index contributed by atoms with van der Waals surface area (Å²) in [5.41, 5.74) is 1.53. The van der Waals surface area contributed by atoms with Gasteiger partial charge in [0.1, 0.15) is 10.6 Å². The SMILES string of the molecule is Cc1c(C2(c3cc(Br)c(OI)c(Br)c3C)OS(=O)(=O)c3ccccc32)cc(Br)c(O)c1Br. The predicted octanol–water partition coefficient (Wildman–Crippen LogP) is 7.80. The van der Waals surface area contributed by atoms with E-state index in [-0.39, 0.29) is 10.6 Å². The molecule has 0 aliphatic carbocycles.